The van der Waals surface area contributed by atoms with Crippen molar-refractivity contribution in [3.63, 3.8) is 0 Å². The molecule has 2 aliphatic carbocycles. The smallest absolute Gasteiger partial charge is 0.306 e. The number of hydrogen-bond acceptors (Lipinski definition) is 9. The van der Waals surface area contributed by atoms with Crippen LogP contribution in [0.1, 0.15) is 62.2 Å². The highest BCUT2D eigenvalue weighted by atomic mass is 16.5. The van der Waals surface area contributed by atoms with E-state index in [9.17, 15) is 9.90 Å². The molecule has 0 aromatic carbocycles. The lowest BCUT2D eigenvalue weighted by molar-refractivity contribution is -0.143. The van der Waals surface area contributed by atoms with Gasteiger partial charge < -0.3 is 19.7 Å². The van der Waals surface area contributed by atoms with Gasteiger partial charge in [-0.3, -0.25) is 9.48 Å². The topological polar surface area (TPSA) is 141 Å². The number of nitrogens with zero attached hydrogens (tertiary/aromatic N) is 6. The Balaban J connectivity index is 1.25. The Morgan fingerprint density at radius 3 is 2.80 bits per heavy atom. The molecule has 0 bridgehead atoms. The zero-order valence-electron chi connectivity index (χ0n) is 20.1. The first kappa shape index (κ1) is 23.3. The maximum atomic E-state index is 11.4. The van der Waals surface area contributed by atoms with Crippen LogP contribution in [0.4, 0.5) is 5.95 Å². The fraction of sp³-hybridized carbons (Fsp3) is 0.583. The Morgan fingerprint density at radius 2 is 2.06 bits per heavy atom. The highest BCUT2D eigenvalue weighted by Crippen LogP contribution is 2.31. The van der Waals surface area contributed by atoms with Crippen molar-refractivity contribution in [3.05, 3.63) is 29.7 Å². The van der Waals surface area contributed by atoms with Gasteiger partial charge in [-0.1, -0.05) is 6.42 Å². The van der Waals surface area contributed by atoms with Gasteiger partial charge in [0.1, 0.15) is 0 Å². The van der Waals surface area contributed by atoms with Crippen LogP contribution in [0.25, 0.3) is 11.4 Å². The summed E-state index contributed by atoms with van der Waals surface area (Å²) in [6.45, 7) is 2.31. The Morgan fingerprint density at radius 1 is 1.23 bits per heavy atom. The minimum Gasteiger partial charge on any atom is -0.487 e. The molecular formula is C24H31N7O4. The molecular weight excluding hydrogens is 450 g/mol. The van der Waals surface area contributed by atoms with Crippen LogP contribution in [0.3, 0.4) is 0 Å². The van der Waals surface area contributed by atoms with Crippen molar-refractivity contribution in [3.8, 4) is 17.1 Å². The van der Waals surface area contributed by atoms with Gasteiger partial charge >= 0.3 is 5.97 Å². The van der Waals surface area contributed by atoms with E-state index in [2.05, 4.69) is 30.5 Å². The molecule has 3 heterocycles. The van der Waals surface area contributed by atoms with Gasteiger partial charge in [0.25, 0.3) is 5.95 Å². The number of aliphatic carboxylic acids is 1. The van der Waals surface area contributed by atoms with Crippen molar-refractivity contribution in [1.29, 1.82) is 0 Å². The molecule has 0 aliphatic heterocycles. The summed E-state index contributed by atoms with van der Waals surface area (Å²) in [5.74, 6) is 1.81. The van der Waals surface area contributed by atoms with Crippen LogP contribution in [-0.2, 0) is 24.8 Å². The minimum atomic E-state index is -0.755. The summed E-state index contributed by atoms with van der Waals surface area (Å²) in [5, 5.41) is 21.0. The number of anilines is 1. The van der Waals surface area contributed by atoms with E-state index in [0.717, 1.165) is 30.5 Å². The van der Waals surface area contributed by atoms with Crippen LogP contribution in [-0.4, -0.2) is 47.1 Å². The van der Waals surface area contributed by atoms with Crippen LogP contribution in [0, 0.1) is 18.8 Å². The molecule has 0 amide bonds. The lowest BCUT2D eigenvalue weighted by atomic mass is 9.83. The first-order valence-corrected chi connectivity index (χ1v) is 12.3. The highest BCUT2D eigenvalue weighted by Gasteiger charge is 2.29. The van der Waals surface area contributed by atoms with Crippen molar-refractivity contribution in [1.82, 2.24) is 29.9 Å². The number of rotatable bonds is 9. The second-order valence-corrected chi connectivity index (χ2v) is 9.58. The summed E-state index contributed by atoms with van der Waals surface area (Å²) in [6, 6.07) is 0. The summed E-state index contributed by atoms with van der Waals surface area (Å²) in [6.07, 6.45) is 10.7. The van der Waals surface area contributed by atoms with Crippen molar-refractivity contribution in [2.45, 2.75) is 70.9 Å². The zero-order valence-corrected chi connectivity index (χ0v) is 20.1. The Bertz CT molecular complexity index is 1190. The summed E-state index contributed by atoms with van der Waals surface area (Å²) in [4.78, 5) is 25.0. The van der Waals surface area contributed by atoms with E-state index >= 15 is 0 Å². The SMILES string of the molecule is Cc1nc(-c2cnn(C)c2CNc2noc(CC3CCC3)n2)ncc1O[C@H]1CCC[C@H](C(=O)O)C1. The molecule has 2 aliphatic rings. The molecule has 0 spiro atoms. The summed E-state index contributed by atoms with van der Waals surface area (Å²) < 4.78 is 13.2. The fourth-order valence-electron chi connectivity index (χ4n) is 4.73. The summed E-state index contributed by atoms with van der Waals surface area (Å²) in [7, 11) is 1.87. The highest BCUT2D eigenvalue weighted by molar-refractivity contribution is 5.70. The average Bonchev–Trinajstić information content (AvgIpc) is 3.42. The van der Waals surface area contributed by atoms with Gasteiger partial charge in [-0.2, -0.15) is 10.1 Å². The maximum Gasteiger partial charge on any atom is 0.306 e. The molecule has 2 saturated carbocycles. The van der Waals surface area contributed by atoms with Crippen molar-refractivity contribution in [2.24, 2.45) is 18.9 Å². The van der Waals surface area contributed by atoms with Crippen molar-refractivity contribution in [2.75, 3.05) is 5.32 Å². The fourth-order valence-corrected chi connectivity index (χ4v) is 4.73. The number of carboxylic acid groups (broad SMARTS) is 1. The first-order valence-electron chi connectivity index (χ1n) is 12.3. The van der Waals surface area contributed by atoms with Gasteiger partial charge in [-0.15, -0.1) is 0 Å². The molecule has 0 saturated heterocycles. The maximum absolute atomic E-state index is 11.4. The van der Waals surface area contributed by atoms with E-state index in [1.807, 2.05) is 14.0 Å². The molecule has 3 aromatic heterocycles. The third-order valence-corrected chi connectivity index (χ3v) is 7.08. The number of carbonyl (C=O) groups is 1. The zero-order chi connectivity index (χ0) is 24.4. The van der Waals surface area contributed by atoms with E-state index in [4.69, 9.17) is 9.26 Å². The number of ether oxygens (including phenoxy) is 1. The van der Waals surface area contributed by atoms with Crippen LogP contribution in [0.15, 0.2) is 16.9 Å². The molecule has 2 atom stereocenters. The van der Waals surface area contributed by atoms with E-state index in [1.54, 1.807) is 17.1 Å². The van der Waals surface area contributed by atoms with Crippen LogP contribution >= 0.6 is 0 Å². The summed E-state index contributed by atoms with van der Waals surface area (Å²) in [5.41, 5.74) is 2.39. The first-order chi connectivity index (χ1) is 17.0. The van der Waals surface area contributed by atoms with Crippen LogP contribution < -0.4 is 10.1 Å². The molecule has 2 N–H and O–H groups in total. The van der Waals surface area contributed by atoms with E-state index < -0.39 is 5.97 Å². The Hall–Kier alpha value is -3.50. The third-order valence-electron chi connectivity index (χ3n) is 7.08. The Kier molecular flexibility index (Phi) is 6.65. The molecule has 2 fully saturated rings. The number of hydrogen-bond donors (Lipinski definition) is 2. The average molecular weight is 482 g/mol. The van der Waals surface area contributed by atoms with Gasteiger partial charge in [0.05, 0.1) is 47.9 Å². The van der Waals surface area contributed by atoms with Crippen LogP contribution in [0.2, 0.25) is 0 Å². The van der Waals surface area contributed by atoms with E-state index in [0.29, 0.717) is 54.4 Å². The molecule has 3 aromatic rings. The number of aromatic nitrogens is 6. The molecule has 11 nitrogen and oxygen atoms in total. The molecule has 186 valence electrons. The number of carboxylic acids is 1. The van der Waals surface area contributed by atoms with Gasteiger partial charge in [-0.05, 0) is 56.5 Å². The third kappa shape index (κ3) is 5.28. The molecule has 35 heavy (non-hydrogen) atoms. The molecule has 0 radical (unpaired) electrons. The van der Waals surface area contributed by atoms with E-state index in [-0.39, 0.29) is 12.0 Å². The predicted octanol–water partition coefficient (Wildman–Crippen LogP) is 3.55. The standard InChI is InChI=1S/C24H31N7O4/c1-14-20(34-17-8-4-7-16(10-17)23(32)33)13-25-22(28-14)18-11-27-31(2)19(18)12-26-24-29-21(35-30-24)9-15-5-3-6-15/h11,13,15-17H,3-10,12H2,1-2H3,(H,26,30)(H,32,33)/t16-,17-/m0/s1. The molecule has 5 rings (SSSR count). The normalized spacial score (nSPS) is 20.4. The second-order valence-electron chi connectivity index (χ2n) is 9.58. The minimum absolute atomic E-state index is 0.139. The van der Waals surface area contributed by atoms with Crippen molar-refractivity contribution < 1.29 is 19.2 Å². The quantitative estimate of drug-likeness (QED) is 0.466. The number of nitrogens with one attached hydrogen (secondary N) is 1. The monoisotopic (exact) mass is 481 g/mol. The lowest BCUT2D eigenvalue weighted by Crippen LogP contribution is -2.29. The van der Waals surface area contributed by atoms with Crippen LogP contribution in [0.5, 0.6) is 5.75 Å². The van der Waals surface area contributed by atoms with Gasteiger partial charge in [0.2, 0.25) is 5.89 Å². The predicted molar refractivity (Wildman–Crippen MR) is 126 cm³/mol. The molecule has 0 unspecified atom stereocenters. The van der Waals surface area contributed by atoms with E-state index in [1.165, 1.54) is 19.3 Å². The lowest BCUT2D eigenvalue weighted by Gasteiger charge is -2.27. The van der Waals surface area contributed by atoms with Gasteiger partial charge in [-0.25, -0.2) is 9.97 Å². The molecule has 11 heteroatoms. The summed E-state index contributed by atoms with van der Waals surface area (Å²) >= 11 is 0. The van der Waals surface area contributed by atoms with Crippen molar-refractivity contribution >= 4 is 11.9 Å². The number of aryl methyl sites for hydroxylation is 2. The largest absolute Gasteiger partial charge is 0.487 e. The second kappa shape index (κ2) is 10.0. The Labute approximate surface area is 203 Å². The van der Waals surface area contributed by atoms with Gasteiger partial charge in [0, 0.05) is 13.5 Å². The van der Waals surface area contributed by atoms with Gasteiger partial charge in [0.15, 0.2) is 11.6 Å².